The summed E-state index contributed by atoms with van der Waals surface area (Å²) in [5.41, 5.74) is 34.6. The average Bonchev–Trinajstić information content (AvgIpc) is 0.839. The van der Waals surface area contributed by atoms with Gasteiger partial charge >= 0.3 is 24.1 Å². The van der Waals surface area contributed by atoms with Crippen molar-refractivity contribution in [3.8, 4) is 33.8 Å². The number of hydrogen-bond donors (Lipinski definition) is 7. The highest BCUT2D eigenvalue weighted by Crippen LogP contribution is 2.25. The van der Waals surface area contributed by atoms with E-state index in [4.69, 9.17) is 46.9 Å². The van der Waals surface area contributed by atoms with Crippen molar-refractivity contribution in [2.75, 3.05) is 27.8 Å². The van der Waals surface area contributed by atoms with Gasteiger partial charge in [0, 0.05) is 144 Å². The van der Waals surface area contributed by atoms with E-state index >= 15 is 0 Å². The van der Waals surface area contributed by atoms with Crippen molar-refractivity contribution < 1.29 is 48.5 Å². The van der Waals surface area contributed by atoms with Crippen LogP contribution in [0, 0.1) is 20.8 Å². The highest BCUT2D eigenvalue weighted by atomic mass is 35.5. The number of benzene rings is 7. The Morgan fingerprint density at radius 3 is 0.991 bits per heavy atom. The van der Waals surface area contributed by atoms with E-state index in [1.165, 1.54) is 42.0 Å². The number of ketones is 2. The molecule has 13 rings (SSSR count). The first-order chi connectivity index (χ1) is 54.9. The number of nitrogens with one attached hydrogen (secondary N) is 2. The van der Waals surface area contributed by atoms with Gasteiger partial charge in [-0.3, -0.25) is 35.2 Å². The van der Waals surface area contributed by atoms with Crippen LogP contribution in [-0.4, -0.2) is 102 Å². The molecule has 0 aliphatic carbocycles. The summed E-state index contributed by atoms with van der Waals surface area (Å²) in [5.74, 6) is 0.356. The van der Waals surface area contributed by atoms with Crippen molar-refractivity contribution in [3.63, 3.8) is 0 Å². The first kappa shape index (κ1) is 89.9. The second kappa shape index (κ2) is 43.1. The minimum atomic E-state index is -1.01. The summed E-state index contributed by atoms with van der Waals surface area (Å²) in [6.07, 6.45) is 17.3. The Kier molecular flexibility index (Phi) is 33.1. The number of nitrogens with zero attached hydrogens (tertiary/aromatic N) is 9. The minimum absolute atomic E-state index is 0. The van der Waals surface area contributed by atoms with Gasteiger partial charge in [-0.05, 0) is 271 Å². The number of nitrogens with two attached hydrogens (primary N) is 3. The first-order valence-corrected chi connectivity index (χ1v) is 36.6. The van der Waals surface area contributed by atoms with Gasteiger partial charge in [0.05, 0.1) is 28.2 Å². The molecule has 0 saturated heterocycles. The van der Waals surface area contributed by atoms with Gasteiger partial charge in [-0.2, -0.15) is 0 Å². The van der Waals surface area contributed by atoms with E-state index in [-0.39, 0.29) is 48.9 Å². The molecule has 117 heavy (non-hydrogen) atoms. The number of carboxylic acids is 2. The number of carboxylic acid groups (broad SMARTS) is 2. The van der Waals surface area contributed by atoms with E-state index in [1.54, 1.807) is 158 Å². The summed E-state index contributed by atoms with van der Waals surface area (Å²) < 4.78 is 10.3. The number of anilines is 5. The standard InChI is InChI=1S/C30H30N4O3.C25H22N4O.C17H16N4.C12H15NO4.C7H7NO2.CH4.ClH/c1-20-7-8-21(16-24(20)18-28-32-15-13-26(34-28)23-6-5-14-31-19-23)17-27(35)22-9-11-25(12-10-22)33-29(36)37-30(2,3)4;1-17-4-5-18(14-24(30)19-6-8-22(26)9-7-19)13-21(17)15-25-28-12-10-23(29-25)20-3-2-11-27-16-20;1-12-4-5-15(18)9-14(12)10-17-20-8-6-16(21-17)13-3-2-7-19-11-13;1-12(2,3)17-11(16)13-9-6-4-8(5-7-9)10(14)15;8-6-3-1-5(2-4-6)7(9)10;;/h5-16,19H,17-18H2,1-4H3,(H,33,36);2-13,16H,14-15,26H2,1H3;2-9,11H,10,18H2,1H3;4-7H,1-3H3,(H,13,16)(H,14,15);1-4H,8H2,(H,9,10);1H4;1H. The van der Waals surface area contributed by atoms with Crippen LogP contribution in [0.1, 0.15) is 152 Å². The molecule has 0 saturated carbocycles. The van der Waals surface area contributed by atoms with Gasteiger partial charge in [0.2, 0.25) is 0 Å². The van der Waals surface area contributed by atoms with Gasteiger partial charge < -0.3 is 36.9 Å². The second-order valence-electron chi connectivity index (χ2n) is 28.5. The van der Waals surface area contributed by atoms with E-state index in [0.29, 0.717) is 65.4 Å². The number of halogens is 1. The van der Waals surface area contributed by atoms with Gasteiger partial charge in [0.1, 0.15) is 28.7 Å². The van der Waals surface area contributed by atoms with Crippen molar-refractivity contribution in [1.82, 2.24) is 44.9 Å². The summed E-state index contributed by atoms with van der Waals surface area (Å²) in [6.45, 7) is 16.9. The third-order valence-electron chi connectivity index (χ3n) is 17.0. The summed E-state index contributed by atoms with van der Waals surface area (Å²) in [6, 6.07) is 61.1. The number of hydrogen-bond acceptors (Lipinski definition) is 20. The lowest BCUT2D eigenvalue weighted by molar-refractivity contribution is 0.0624. The number of amides is 2. The molecule has 2 amide bonds. The van der Waals surface area contributed by atoms with Gasteiger partial charge in [-0.1, -0.05) is 49.9 Å². The molecule has 600 valence electrons. The molecule has 0 bridgehead atoms. The molecule has 24 nitrogen and oxygen atoms in total. The fraction of sp³-hybridized carbons (Fsp3) is 0.185. The number of nitrogen functional groups attached to an aromatic ring is 3. The monoisotopic (exact) mass is 1590 g/mol. The van der Waals surface area contributed by atoms with E-state index in [0.717, 1.165) is 90.1 Å². The zero-order valence-corrected chi connectivity index (χ0v) is 66.5. The predicted octanol–water partition coefficient (Wildman–Crippen LogP) is 18.4. The summed E-state index contributed by atoms with van der Waals surface area (Å²) >= 11 is 0. The number of pyridine rings is 3. The normalized spacial score (nSPS) is 10.5. The molecule has 0 fully saturated rings. The maximum absolute atomic E-state index is 12.9. The number of carbonyl (C=O) groups is 6. The number of Topliss-reactive ketones (excluding diaryl/α,β-unsaturated/α-hetero) is 2. The molecule has 25 heteroatoms. The van der Waals surface area contributed by atoms with Crippen molar-refractivity contribution >= 4 is 76.5 Å². The van der Waals surface area contributed by atoms with Crippen molar-refractivity contribution in [1.29, 1.82) is 0 Å². The minimum Gasteiger partial charge on any atom is -0.478 e. The third kappa shape index (κ3) is 29.7. The third-order valence-corrected chi connectivity index (χ3v) is 17.0. The molecule has 0 unspecified atom stereocenters. The number of aromatic nitrogens is 9. The fourth-order valence-corrected chi connectivity index (χ4v) is 11.1. The molecule has 0 radical (unpaired) electrons. The second-order valence-corrected chi connectivity index (χ2v) is 28.5. The Bertz CT molecular complexity index is 5470. The largest absolute Gasteiger partial charge is 0.478 e. The van der Waals surface area contributed by atoms with Crippen LogP contribution >= 0.6 is 12.4 Å². The summed E-state index contributed by atoms with van der Waals surface area (Å²) in [4.78, 5) is 110. The smallest absolute Gasteiger partial charge is 0.412 e. The van der Waals surface area contributed by atoms with Crippen LogP contribution in [0.2, 0.25) is 0 Å². The number of carbonyl (C=O) groups excluding carboxylic acids is 4. The number of aromatic carboxylic acids is 2. The lowest BCUT2D eigenvalue weighted by Crippen LogP contribution is -2.27. The first-order valence-electron chi connectivity index (χ1n) is 36.6. The maximum atomic E-state index is 12.9. The molecule has 13 aromatic rings. The molecule has 7 aromatic carbocycles. The lowest BCUT2D eigenvalue weighted by Gasteiger charge is -2.19. The number of rotatable bonds is 19. The Hall–Kier alpha value is -14.3. The molecule has 6 heterocycles. The van der Waals surface area contributed by atoms with E-state index in [9.17, 15) is 28.8 Å². The molecule has 0 atom stereocenters. The Morgan fingerprint density at radius 1 is 0.376 bits per heavy atom. The maximum Gasteiger partial charge on any atom is 0.412 e. The number of ether oxygens (including phenoxy) is 2. The van der Waals surface area contributed by atoms with Crippen molar-refractivity contribution in [2.24, 2.45) is 0 Å². The molecule has 0 aliphatic rings. The van der Waals surface area contributed by atoms with Gasteiger partial charge in [-0.25, -0.2) is 49.1 Å². The van der Waals surface area contributed by atoms with Crippen LogP contribution in [0.3, 0.4) is 0 Å². The topological polar surface area (TPSA) is 379 Å². The molecule has 6 aromatic heterocycles. The van der Waals surface area contributed by atoms with Gasteiger partial charge in [-0.15, -0.1) is 12.4 Å². The predicted molar refractivity (Wildman–Crippen MR) is 460 cm³/mol. The average molecular weight is 1590 g/mol. The van der Waals surface area contributed by atoms with E-state index in [2.05, 4.69) is 65.4 Å². The van der Waals surface area contributed by atoms with E-state index < -0.39 is 35.3 Å². The highest BCUT2D eigenvalue weighted by molar-refractivity contribution is 5.99. The fourth-order valence-electron chi connectivity index (χ4n) is 11.1. The molecular formula is C92H95ClN14O10. The van der Waals surface area contributed by atoms with Crippen LogP contribution in [0.25, 0.3) is 33.8 Å². The molecular weight excluding hydrogens is 1500 g/mol. The molecule has 10 N–H and O–H groups in total. The Labute approximate surface area is 687 Å². The van der Waals surface area contributed by atoms with Gasteiger partial charge in [0.15, 0.2) is 11.6 Å². The van der Waals surface area contributed by atoms with Crippen LogP contribution in [0.15, 0.2) is 262 Å². The summed E-state index contributed by atoms with van der Waals surface area (Å²) in [5, 5.41) is 22.3. The molecule has 0 spiro atoms. The summed E-state index contributed by atoms with van der Waals surface area (Å²) in [7, 11) is 0. The van der Waals surface area contributed by atoms with Gasteiger partial charge in [0.25, 0.3) is 0 Å². The Morgan fingerprint density at radius 2 is 0.675 bits per heavy atom. The quantitative estimate of drug-likeness (QED) is 0.0292. The van der Waals surface area contributed by atoms with Crippen LogP contribution < -0.4 is 27.8 Å². The number of aryl methyl sites for hydroxylation is 3. The zero-order valence-electron chi connectivity index (χ0n) is 65.7. The highest BCUT2D eigenvalue weighted by Gasteiger charge is 2.20. The van der Waals surface area contributed by atoms with Crippen molar-refractivity contribution in [2.45, 2.75) is 113 Å². The Balaban J connectivity index is 0.000000213. The van der Waals surface area contributed by atoms with Crippen LogP contribution in [-0.2, 0) is 41.6 Å². The zero-order chi connectivity index (χ0) is 82.6. The van der Waals surface area contributed by atoms with E-state index in [1.807, 2.05) is 110 Å². The lowest BCUT2D eigenvalue weighted by atomic mass is 9.97. The van der Waals surface area contributed by atoms with Crippen LogP contribution in [0.4, 0.5) is 38.0 Å². The SMILES string of the molecule is C.CC(C)(C)OC(=O)Nc1ccc(C(=O)O)cc1.Cc1ccc(CC(=O)c2ccc(N)cc2)cc1Cc1nccc(-c2cccnc2)n1.Cc1ccc(CC(=O)c2ccc(NC(=O)OC(C)(C)C)cc2)cc1Cc1nccc(-c2cccnc2)n1.Cc1ccc(N)cc1Cc1nccc(-c2cccnc2)n1.Cl.Nc1ccc(C(=O)O)cc1. The van der Waals surface area contributed by atoms with Crippen molar-refractivity contribution in [3.05, 3.63) is 346 Å². The van der Waals surface area contributed by atoms with Crippen LogP contribution in [0.5, 0.6) is 0 Å². The molecule has 0 aliphatic heterocycles.